The number of carbonyl (C=O) groups is 1. The fourth-order valence-electron chi connectivity index (χ4n) is 2.22. The minimum absolute atomic E-state index is 0.107. The number of hydrogen-bond donors (Lipinski definition) is 1. The van der Waals surface area contributed by atoms with Gasteiger partial charge in [0, 0.05) is 0 Å². The average molecular weight is 290 g/mol. The van der Waals surface area contributed by atoms with Crippen molar-refractivity contribution in [1.82, 2.24) is 0 Å². The fraction of sp³-hybridized carbons (Fsp3) is 0. The van der Waals surface area contributed by atoms with Crippen molar-refractivity contribution in [3.8, 4) is 22.6 Å². The molecule has 0 aliphatic carbocycles. The van der Waals surface area contributed by atoms with Crippen LogP contribution in [0.1, 0.15) is 10.4 Å². The van der Waals surface area contributed by atoms with Crippen LogP contribution in [0.3, 0.4) is 0 Å². The number of phenols is 1. The number of phenolic OH excluding ortho intramolecular Hbond substituents is 1. The number of aromatic hydroxyl groups is 1. The van der Waals surface area contributed by atoms with Crippen LogP contribution in [-0.2, 0) is 0 Å². The van der Waals surface area contributed by atoms with Crippen molar-refractivity contribution in [3.63, 3.8) is 0 Å². The van der Waals surface area contributed by atoms with E-state index >= 15 is 0 Å². The van der Waals surface area contributed by atoms with Crippen molar-refractivity contribution < 1.29 is 14.6 Å². The number of rotatable bonds is 3. The molecule has 0 radical (unpaired) electrons. The van der Waals surface area contributed by atoms with Gasteiger partial charge in [-0.15, -0.1) is 0 Å². The molecule has 0 spiro atoms. The molecular formula is C19H14O3. The number of ether oxygens (including phenoxy) is 1. The van der Waals surface area contributed by atoms with Gasteiger partial charge in [-0.2, -0.15) is 0 Å². The Morgan fingerprint density at radius 1 is 0.818 bits per heavy atom. The first-order valence-corrected chi connectivity index (χ1v) is 6.90. The van der Waals surface area contributed by atoms with E-state index < -0.39 is 5.97 Å². The van der Waals surface area contributed by atoms with Gasteiger partial charge in [-0.3, -0.25) is 0 Å². The summed E-state index contributed by atoms with van der Waals surface area (Å²) in [4.78, 5) is 12.4. The first-order chi connectivity index (χ1) is 10.7. The Kier molecular flexibility index (Phi) is 3.88. The van der Waals surface area contributed by atoms with E-state index in [0.29, 0.717) is 16.9 Å². The maximum atomic E-state index is 12.4. The van der Waals surface area contributed by atoms with Gasteiger partial charge < -0.3 is 9.84 Å². The third-order valence-electron chi connectivity index (χ3n) is 3.26. The molecule has 0 fully saturated rings. The van der Waals surface area contributed by atoms with Gasteiger partial charge in [0.2, 0.25) is 0 Å². The van der Waals surface area contributed by atoms with Gasteiger partial charge in [0.05, 0.1) is 5.56 Å². The second kappa shape index (κ2) is 6.14. The van der Waals surface area contributed by atoms with E-state index in [9.17, 15) is 9.90 Å². The van der Waals surface area contributed by atoms with E-state index in [1.54, 1.807) is 36.4 Å². The lowest BCUT2D eigenvalue weighted by Crippen LogP contribution is -2.09. The van der Waals surface area contributed by atoms with Crippen molar-refractivity contribution in [2.75, 3.05) is 0 Å². The predicted octanol–water partition coefficient (Wildman–Crippen LogP) is 4.28. The molecule has 0 unspecified atom stereocenters. The average Bonchev–Trinajstić information content (AvgIpc) is 2.56. The summed E-state index contributed by atoms with van der Waals surface area (Å²) in [5, 5.41) is 9.72. The smallest absolute Gasteiger partial charge is 0.344 e. The molecule has 0 aliphatic rings. The number of para-hydroxylation sites is 1. The Labute approximate surface area is 128 Å². The van der Waals surface area contributed by atoms with Gasteiger partial charge in [-0.05, 0) is 41.5 Å². The Morgan fingerprint density at radius 3 is 2.14 bits per heavy atom. The molecule has 0 saturated carbocycles. The predicted molar refractivity (Wildman–Crippen MR) is 84.9 cm³/mol. The molecule has 3 aromatic carbocycles. The summed E-state index contributed by atoms with van der Waals surface area (Å²) in [7, 11) is 0. The monoisotopic (exact) mass is 290 g/mol. The van der Waals surface area contributed by atoms with Crippen molar-refractivity contribution >= 4 is 5.97 Å². The highest BCUT2D eigenvalue weighted by Crippen LogP contribution is 2.28. The molecule has 108 valence electrons. The second-order valence-corrected chi connectivity index (χ2v) is 4.80. The van der Waals surface area contributed by atoms with E-state index in [4.69, 9.17) is 4.74 Å². The first kappa shape index (κ1) is 13.9. The summed E-state index contributed by atoms with van der Waals surface area (Å²) in [6.07, 6.45) is 0. The van der Waals surface area contributed by atoms with Crippen molar-refractivity contribution in [3.05, 3.63) is 84.4 Å². The highest BCUT2D eigenvalue weighted by Gasteiger charge is 2.15. The van der Waals surface area contributed by atoms with Crippen molar-refractivity contribution in [1.29, 1.82) is 0 Å². The van der Waals surface area contributed by atoms with Gasteiger partial charge in [-0.1, -0.05) is 48.5 Å². The van der Waals surface area contributed by atoms with Crippen LogP contribution in [0, 0.1) is 0 Å². The zero-order chi connectivity index (χ0) is 15.4. The first-order valence-electron chi connectivity index (χ1n) is 6.90. The summed E-state index contributed by atoms with van der Waals surface area (Å²) in [6, 6.07) is 22.9. The molecule has 0 heterocycles. The standard InChI is InChI=1S/C19H14O3/c20-15-11-12-17(18(13-15)14-7-3-1-4-8-14)19(21)22-16-9-5-2-6-10-16/h1-13,20H. The SMILES string of the molecule is O=C(Oc1ccccc1)c1ccc(O)cc1-c1ccccc1. The van der Waals surface area contributed by atoms with E-state index in [0.717, 1.165) is 5.56 Å². The minimum Gasteiger partial charge on any atom is -0.508 e. The highest BCUT2D eigenvalue weighted by molar-refractivity contribution is 5.98. The van der Waals surface area contributed by atoms with Crippen LogP contribution < -0.4 is 4.74 Å². The molecule has 0 atom stereocenters. The third-order valence-corrected chi connectivity index (χ3v) is 3.26. The molecule has 0 saturated heterocycles. The molecule has 3 rings (SSSR count). The molecule has 3 heteroatoms. The molecule has 3 nitrogen and oxygen atoms in total. The Hall–Kier alpha value is -3.07. The van der Waals surface area contributed by atoms with E-state index in [-0.39, 0.29) is 5.75 Å². The van der Waals surface area contributed by atoms with Crippen LogP contribution >= 0.6 is 0 Å². The molecule has 0 bridgehead atoms. The summed E-state index contributed by atoms with van der Waals surface area (Å²) in [6.45, 7) is 0. The van der Waals surface area contributed by atoms with Crippen LogP contribution in [0.25, 0.3) is 11.1 Å². The van der Waals surface area contributed by atoms with Crippen LogP contribution in [0.5, 0.6) is 11.5 Å². The molecule has 3 aromatic rings. The molecule has 0 aliphatic heterocycles. The molecule has 1 N–H and O–H groups in total. The zero-order valence-corrected chi connectivity index (χ0v) is 11.8. The van der Waals surface area contributed by atoms with Gasteiger partial charge in [-0.25, -0.2) is 4.79 Å². The Morgan fingerprint density at radius 2 is 1.45 bits per heavy atom. The van der Waals surface area contributed by atoms with Gasteiger partial charge in [0.25, 0.3) is 0 Å². The van der Waals surface area contributed by atoms with E-state index in [1.165, 1.54) is 6.07 Å². The summed E-state index contributed by atoms with van der Waals surface area (Å²) in [5.74, 6) is 0.139. The van der Waals surface area contributed by atoms with Crippen LogP contribution in [0.15, 0.2) is 78.9 Å². The largest absolute Gasteiger partial charge is 0.508 e. The molecule has 0 amide bonds. The number of hydrogen-bond acceptors (Lipinski definition) is 3. The summed E-state index contributed by atoms with van der Waals surface area (Å²) >= 11 is 0. The van der Waals surface area contributed by atoms with Gasteiger partial charge >= 0.3 is 5.97 Å². The van der Waals surface area contributed by atoms with Crippen molar-refractivity contribution in [2.24, 2.45) is 0 Å². The summed E-state index contributed by atoms with van der Waals surface area (Å²) in [5.41, 5.74) is 1.90. The highest BCUT2D eigenvalue weighted by atomic mass is 16.5. The second-order valence-electron chi connectivity index (χ2n) is 4.80. The van der Waals surface area contributed by atoms with Crippen molar-refractivity contribution in [2.45, 2.75) is 0 Å². The fourth-order valence-corrected chi connectivity index (χ4v) is 2.22. The molecule has 0 aromatic heterocycles. The quantitative estimate of drug-likeness (QED) is 0.578. The van der Waals surface area contributed by atoms with E-state index in [2.05, 4.69) is 0 Å². The maximum absolute atomic E-state index is 12.4. The van der Waals surface area contributed by atoms with Crippen LogP contribution in [0.4, 0.5) is 0 Å². The number of esters is 1. The van der Waals surface area contributed by atoms with E-state index in [1.807, 2.05) is 36.4 Å². The zero-order valence-electron chi connectivity index (χ0n) is 11.8. The normalized spacial score (nSPS) is 10.2. The molecular weight excluding hydrogens is 276 g/mol. The Balaban J connectivity index is 1.98. The third kappa shape index (κ3) is 2.99. The molecule has 22 heavy (non-hydrogen) atoms. The number of benzene rings is 3. The lowest BCUT2D eigenvalue weighted by molar-refractivity contribution is 0.0735. The van der Waals surface area contributed by atoms with Crippen LogP contribution in [0.2, 0.25) is 0 Å². The lowest BCUT2D eigenvalue weighted by atomic mass is 9.99. The van der Waals surface area contributed by atoms with Gasteiger partial charge in [0.15, 0.2) is 0 Å². The maximum Gasteiger partial charge on any atom is 0.344 e. The van der Waals surface area contributed by atoms with Crippen LogP contribution in [-0.4, -0.2) is 11.1 Å². The number of carbonyl (C=O) groups excluding carboxylic acids is 1. The topological polar surface area (TPSA) is 46.5 Å². The Bertz CT molecular complexity index is 780. The van der Waals surface area contributed by atoms with Gasteiger partial charge in [0.1, 0.15) is 11.5 Å². The summed E-state index contributed by atoms with van der Waals surface area (Å²) < 4.78 is 5.38. The minimum atomic E-state index is -0.454. The lowest BCUT2D eigenvalue weighted by Gasteiger charge is -2.10.